The van der Waals surface area contributed by atoms with Crippen molar-refractivity contribution in [2.24, 2.45) is 0 Å². The minimum atomic E-state index is -3.49. The van der Waals surface area contributed by atoms with Gasteiger partial charge in [-0.1, -0.05) is 6.07 Å². The maximum Gasteiger partial charge on any atom is 0.247 e. The van der Waals surface area contributed by atoms with Gasteiger partial charge < -0.3 is 15.3 Å². The molecule has 0 aliphatic carbocycles. The van der Waals surface area contributed by atoms with E-state index >= 15 is 0 Å². The number of anilines is 2. The Morgan fingerprint density at radius 3 is 2.75 bits per heavy atom. The molecule has 11 heteroatoms. The Bertz CT molecular complexity index is 1500. The zero-order valence-electron chi connectivity index (χ0n) is 17.2. The van der Waals surface area contributed by atoms with Crippen LogP contribution in [0.15, 0.2) is 53.7 Å². The standard InChI is InChI=1S/C21H19N7O3S/c1-28(32(2,30)31)21-14(4-3-7-23-21)11-25-19-15(9-22)12-26-20-16(19)8-17(27-20)13-5-6-18(29)24-10-13/h3-8,10,12H,11H2,1-2H3,(H,24,29)(H2,25,26,27). The third-order valence-corrected chi connectivity index (χ3v) is 6.16. The van der Waals surface area contributed by atoms with E-state index in [4.69, 9.17) is 0 Å². The smallest absolute Gasteiger partial charge is 0.247 e. The first-order valence-electron chi connectivity index (χ1n) is 9.50. The van der Waals surface area contributed by atoms with E-state index in [1.165, 1.54) is 25.5 Å². The summed E-state index contributed by atoms with van der Waals surface area (Å²) in [7, 11) is -2.05. The number of nitriles is 1. The van der Waals surface area contributed by atoms with Gasteiger partial charge in [0.05, 0.1) is 17.5 Å². The molecular formula is C21H19N7O3S. The molecule has 10 nitrogen and oxygen atoms in total. The highest BCUT2D eigenvalue weighted by atomic mass is 32.2. The number of pyridine rings is 3. The Morgan fingerprint density at radius 2 is 2.06 bits per heavy atom. The predicted octanol–water partition coefficient (Wildman–Crippen LogP) is 2.19. The Kier molecular flexibility index (Phi) is 5.38. The van der Waals surface area contributed by atoms with Crippen molar-refractivity contribution in [3.05, 3.63) is 70.4 Å². The normalized spacial score (nSPS) is 11.3. The van der Waals surface area contributed by atoms with Crippen molar-refractivity contribution in [2.75, 3.05) is 22.9 Å². The van der Waals surface area contributed by atoms with E-state index in [0.717, 1.165) is 21.8 Å². The lowest BCUT2D eigenvalue weighted by molar-refractivity contribution is 0.599. The maximum atomic E-state index is 12.0. The van der Waals surface area contributed by atoms with Crippen molar-refractivity contribution in [1.82, 2.24) is 19.9 Å². The average molecular weight is 449 g/mol. The fourth-order valence-electron chi connectivity index (χ4n) is 3.28. The second-order valence-electron chi connectivity index (χ2n) is 7.12. The van der Waals surface area contributed by atoms with Crippen LogP contribution in [-0.2, 0) is 16.6 Å². The first kappa shape index (κ1) is 21.1. The molecule has 0 unspecified atom stereocenters. The second kappa shape index (κ2) is 8.16. The van der Waals surface area contributed by atoms with Gasteiger partial charge in [-0.2, -0.15) is 5.26 Å². The van der Waals surface area contributed by atoms with Crippen LogP contribution < -0.4 is 15.2 Å². The number of hydrogen-bond donors (Lipinski definition) is 3. The number of H-pyrrole nitrogens is 2. The molecule has 0 atom stereocenters. The molecule has 3 N–H and O–H groups in total. The van der Waals surface area contributed by atoms with E-state index in [2.05, 4.69) is 31.3 Å². The number of aromatic amines is 2. The third-order valence-electron chi connectivity index (χ3n) is 4.99. The summed E-state index contributed by atoms with van der Waals surface area (Å²) in [4.78, 5) is 25.7. The minimum Gasteiger partial charge on any atom is -0.379 e. The number of rotatable bonds is 6. The van der Waals surface area contributed by atoms with Gasteiger partial charge in [0.1, 0.15) is 17.5 Å². The average Bonchev–Trinajstić information content (AvgIpc) is 3.21. The molecule has 0 radical (unpaired) electrons. The molecular weight excluding hydrogens is 430 g/mol. The summed E-state index contributed by atoms with van der Waals surface area (Å²) in [5.74, 6) is 0.300. The molecule has 0 aliphatic rings. The van der Waals surface area contributed by atoms with Crippen LogP contribution in [0.5, 0.6) is 0 Å². The molecule has 162 valence electrons. The van der Waals surface area contributed by atoms with Crippen LogP contribution in [0.3, 0.4) is 0 Å². The first-order chi connectivity index (χ1) is 15.3. The fraction of sp³-hybridized carbons (Fsp3) is 0.143. The molecule has 0 saturated heterocycles. The number of hydrogen-bond acceptors (Lipinski definition) is 7. The summed E-state index contributed by atoms with van der Waals surface area (Å²) in [6.07, 6.45) is 5.69. The van der Waals surface area contributed by atoms with Crippen molar-refractivity contribution in [2.45, 2.75) is 6.54 Å². The summed E-state index contributed by atoms with van der Waals surface area (Å²) in [6.45, 7) is 0.232. The van der Waals surface area contributed by atoms with Gasteiger partial charge in [-0.25, -0.2) is 18.4 Å². The number of sulfonamides is 1. The minimum absolute atomic E-state index is 0.205. The molecule has 4 aromatic rings. The lowest BCUT2D eigenvalue weighted by Crippen LogP contribution is -2.27. The van der Waals surface area contributed by atoms with Crippen molar-refractivity contribution in [3.8, 4) is 17.3 Å². The van der Waals surface area contributed by atoms with E-state index < -0.39 is 10.0 Å². The van der Waals surface area contributed by atoms with Gasteiger partial charge in [-0.05, 0) is 18.2 Å². The zero-order chi connectivity index (χ0) is 22.9. The van der Waals surface area contributed by atoms with E-state index in [1.54, 1.807) is 24.4 Å². The quantitative estimate of drug-likeness (QED) is 0.409. The Balaban J connectivity index is 1.73. The monoisotopic (exact) mass is 449 g/mol. The molecule has 0 aliphatic heterocycles. The topological polar surface area (TPSA) is 148 Å². The molecule has 0 fully saturated rings. The Hall–Kier alpha value is -4.17. The lowest BCUT2D eigenvalue weighted by Gasteiger charge is -2.19. The van der Waals surface area contributed by atoms with Crippen LogP contribution >= 0.6 is 0 Å². The van der Waals surface area contributed by atoms with E-state index in [9.17, 15) is 18.5 Å². The summed E-state index contributed by atoms with van der Waals surface area (Å²) in [6, 6.07) is 10.6. The van der Waals surface area contributed by atoms with Crippen molar-refractivity contribution < 1.29 is 8.42 Å². The summed E-state index contributed by atoms with van der Waals surface area (Å²) in [5.41, 5.74) is 3.38. The van der Waals surface area contributed by atoms with Gasteiger partial charge in [-0.15, -0.1) is 0 Å². The predicted molar refractivity (Wildman–Crippen MR) is 122 cm³/mol. The molecule has 4 heterocycles. The van der Waals surface area contributed by atoms with Gasteiger partial charge in [0, 0.05) is 60.5 Å². The molecule has 0 aromatic carbocycles. The Morgan fingerprint density at radius 1 is 1.25 bits per heavy atom. The Labute approximate surface area is 183 Å². The number of nitrogens with zero attached hydrogens (tertiary/aromatic N) is 4. The molecule has 0 spiro atoms. The highest BCUT2D eigenvalue weighted by molar-refractivity contribution is 7.92. The van der Waals surface area contributed by atoms with Crippen LogP contribution in [-0.4, -0.2) is 41.7 Å². The zero-order valence-corrected chi connectivity index (χ0v) is 18.1. The maximum absolute atomic E-state index is 12.0. The lowest BCUT2D eigenvalue weighted by atomic mass is 10.1. The van der Waals surface area contributed by atoms with Gasteiger partial charge in [0.15, 0.2) is 0 Å². The molecule has 0 bridgehead atoms. The summed E-state index contributed by atoms with van der Waals surface area (Å²) < 4.78 is 25.1. The largest absolute Gasteiger partial charge is 0.379 e. The number of aromatic nitrogens is 4. The SMILES string of the molecule is CN(c1ncccc1CNc1c(C#N)cnc2[nH]c(-c3ccc(=O)[nH]c3)cc12)S(C)(=O)=O. The third kappa shape index (κ3) is 4.03. The van der Waals surface area contributed by atoms with Crippen molar-refractivity contribution in [1.29, 1.82) is 5.26 Å². The van der Waals surface area contributed by atoms with Crippen LogP contribution in [0.2, 0.25) is 0 Å². The highest BCUT2D eigenvalue weighted by Crippen LogP contribution is 2.31. The molecule has 4 aromatic heterocycles. The first-order valence-corrected chi connectivity index (χ1v) is 11.4. The van der Waals surface area contributed by atoms with Crippen molar-refractivity contribution in [3.63, 3.8) is 0 Å². The van der Waals surface area contributed by atoms with E-state index in [0.29, 0.717) is 33.7 Å². The number of nitrogens with one attached hydrogen (secondary N) is 3. The van der Waals surface area contributed by atoms with E-state index in [1.807, 2.05) is 6.07 Å². The van der Waals surface area contributed by atoms with Crippen LogP contribution in [0.25, 0.3) is 22.3 Å². The fourth-order valence-corrected chi connectivity index (χ4v) is 3.75. The van der Waals surface area contributed by atoms with Gasteiger partial charge in [0.2, 0.25) is 15.6 Å². The molecule has 0 saturated carbocycles. The van der Waals surface area contributed by atoms with Crippen LogP contribution in [0.1, 0.15) is 11.1 Å². The molecule has 4 rings (SSSR count). The highest BCUT2D eigenvalue weighted by Gasteiger charge is 2.18. The molecule has 0 amide bonds. The number of fused-ring (bicyclic) bond motifs is 1. The molecule has 32 heavy (non-hydrogen) atoms. The summed E-state index contributed by atoms with van der Waals surface area (Å²) >= 11 is 0. The van der Waals surface area contributed by atoms with Crippen LogP contribution in [0, 0.1) is 11.3 Å². The van der Waals surface area contributed by atoms with Crippen molar-refractivity contribution >= 4 is 32.6 Å². The van der Waals surface area contributed by atoms with Gasteiger partial charge in [-0.3, -0.25) is 9.10 Å². The van der Waals surface area contributed by atoms with Gasteiger partial charge >= 0.3 is 0 Å². The van der Waals surface area contributed by atoms with Crippen LogP contribution in [0.4, 0.5) is 11.5 Å². The van der Waals surface area contributed by atoms with Gasteiger partial charge in [0.25, 0.3) is 0 Å². The second-order valence-corrected chi connectivity index (χ2v) is 9.13. The van der Waals surface area contributed by atoms with E-state index in [-0.39, 0.29) is 12.1 Å². The summed E-state index contributed by atoms with van der Waals surface area (Å²) in [5, 5.41) is 13.5.